The van der Waals surface area contributed by atoms with Gasteiger partial charge < -0.3 is 14.4 Å². The highest BCUT2D eigenvalue weighted by molar-refractivity contribution is 5.94. The van der Waals surface area contributed by atoms with E-state index in [4.69, 9.17) is 9.47 Å². The molecule has 0 aromatic carbocycles. The number of hydrogen-bond acceptors (Lipinski definition) is 5. The molecule has 25 heavy (non-hydrogen) atoms. The van der Waals surface area contributed by atoms with Gasteiger partial charge in [0, 0.05) is 32.0 Å². The maximum absolute atomic E-state index is 12.5. The summed E-state index contributed by atoms with van der Waals surface area (Å²) in [4.78, 5) is 18.6. The van der Waals surface area contributed by atoms with Crippen LogP contribution in [0.2, 0.25) is 0 Å². The molecule has 2 aliphatic heterocycles. The molecular formula is C18H22N4O3. The number of nitrogens with zero attached hydrogens (tertiary/aromatic N) is 4. The van der Waals surface area contributed by atoms with E-state index in [9.17, 15) is 4.79 Å². The average molecular weight is 342 g/mol. The zero-order chi connectivity index (χ0) is 17.3. The van der Waals surface area contributed by atoms with Crippen LogP contribution in [-0.4, -0.2) is 57.5 Å². The van der Waals surface area contributed by atoms with E-state index in [-0.39, 0.29) is 11.5 Å². The van der Waals surface area contributed by atoms with Crippen LogP contribution in [-0.2, 0) is 23.1 Å². The lowest BCUT2D eigenvalue weighted by molar-refractivity contribution is -0.129. The minimum atomic E-state index is -0.248. The van der Waals surface area contributed by atoms with E-state index in [2.05, 4.69) is 10.1 Å². The zero-order valence-corrected chi connectivity index (χ0v) is 14.3. The molecule has 0 saturated carbocycles. The van der Waals surface area contributed by atoms with Crippen molar-refractivity contribution in [2.45, 2.75) is 18.6 Å². The van der Waals surface area contributed by atoms with Crippen molar-refractivity contribution in [3.8, 4) is 0 Å². The van der Waals surface area contributed by atoms with E-state index < -0.39 is 0 Å². The second kappa shape index (κ2) is 6.57. The number of hydrogen-bond donors (Lipinski definition) is 0. The molecule has 2 aromatic rings. The van der Waals surface area contributed by atoms with Gasteiger partial charge in [0.25, 0.3) is 5.91 Å². The summed E-state index contributed by atoms with van der Waals surface area (Å²) in [5.41, 5.74) is 1.30. The van der Waals surface area contributed by atoms with Gasteiger partial charge >= 0.3 is 0 Å². The number of likely N-dealkylation sites (tertiary alicyclic amines) is 1. The molecule has 0 aliphatic carbocycles. The number of aryl methyl sites for hydroxylation is 1. The van der Waals surface area contributed by atoms with Crippen molar-refractivity contribution >= 4 is 5.91 Å². The fraction of sp³-hybridized carbons (Fsp3) is 0.500. The van der Waals surface area contributed by atoms with Crippen molar-refractivity contribution in [1.82, 2.24) is 19.7 Å². The van der Waals surface area contributed by atoms with Crippen LogP contribution in [0.4, 0.5) is 0 Å². The molecule has 7 heteroatoms. The number of rotatable bonds is 5. The molecule has 2 aromatic heterocycles. The fourth-order valence-corrected chi connectivity index (χ4v) is 3.62. The Labute approximate surface area is 146 Å². The molecule has 2 fully saturated rings. The fourth-order valence-electron chi connectivity index (χ4n) is 3.62. The Morgan fingerprint density at radius 2 is 2.32 bits per heavy atom. The van der Waals surface area contributed by atoms with E-state index in [1.165, 1.54) is 0 Å². The maximum atomic E-state index is 12.5. The second-order valence-electron chi connectivity index (χ2n) is 6.80. The molecule has 1 atom stereocenters. The Morgan fingerprint density at radius 3 is 3.04 bits per heavy atom. The third-order valence-corrected chi connectivity index (χ3v) is 5.05. The quantitative estimate of drug-likeness (QED) is 0.818. The maximum Gasteiger partial charge on any atom is 0.257 e. The van der Waals surface area contributed by atoms with E-state index in [1.807, 2.05) is 30.1 Å². The Bertz CT molecular complexity index is 740. The van der Waals surface area contributed by atoms with Gasteiger partial charge in [0.2, 0.25) is 0 Å². The first kappa shape index (κ1) is 16.2. The Kier molecular flexibility index (Phi) is 4.27. The molecule has 1 amide bonds. The molecule has 7 nitrogen and oxygen atoms in total. The van der Waals surface area contributed by atoms with Gasteiger partial charge in [0.1, 0.15) is 5.60 Å². The Hall–Kier alpha value is -2.25. The molecule has 0 unspecified atom stereocenters. The van der Waals surface area contributed by atoms with Crippen LogP contribution >= 0.6 is 0 Å². The van der Waals surface area contributed by atoms with Gasteiger partial charge in [-0.3, -0.25) is 14.5 Å². The van der Waals surface area contributed by atoms with Gasteiger partial charge in [-0.1, -0.05) is 6.07 Å². The Morgan fingerprint density at radius 1 is 1.44 bits per heavy atom. The molecule has 4 heterocycles. The lowest BCUT2D eigenvalue weighted by atomic mass is 9.81. The first-order chi connectivity index (χ1) is 12.2. The van der Waals surface area contributed by atoms with Crippen molar-refractivity contribution in [2.75, 3.05) is 26.3 Å². The topological polar surface area (TPSA) is 69.5 Å². The predicted molar refractivity (Wildman–Crippen MR) is 89.8 cm³/mol. The molecule has 2 aliphatic rings. The van der Waals surface area contributed by atoms with E-state index in [0.717, 1.165) is 18.7 Å². The monoisotopic (exact) mass is 342 g/mol. The summed E-state index contributed by atoms with van der Waals surface area (Å²) in [7, 11) is 1.81. The van der Waals surface area contributed by atoms with Crippen molar-refractivity contribution in [2.24, 2.45) is 13.0 Å². The lowest BCUT2D eigenvalue weighted by Crippen LogP contribution is -2.66. The van der Waals surface area contributed by atoms with Crippen LogP contribution in [0.1, 0.15) is 22.5 Å². The van der Waals surface area contributed by atoms with Crippen LogP contribution < -0.4 is 0 Å². The van der Waals surface area contributed by atoms with Crippen molar-refractivity contribution in [1.29, 1.82) is 0 Å². The average Bonchev–Trinajstić information content (AvgIpc) is 3.20. The predicted octanol–water partition coefficient (Wildman–Crippen LogP) is 1.26. The number of aromatic nitrogens is 3. The van der Waals surface area contributed by atoms with Crippen LogP contribution in [0.15, 0.2) is 36.8 Å². The van der Waals surface area contributed by atoms with E-state index >= 15 is 0 Å². The third-order valence-electron chi connectivity index (χ3n) is 5.05. The smallest absolute Gasteiger partial charge is 0.257 e. The normalized spacial score (nSPS) is 21.5. The highest BCUT2D eigenvalue weighted by Crippen LogP contribution is 2.40. The zero-order valence-electron chi connectivity index (χ0n) is 14.3. The van der Waals surface area contributed by atoms with Gasteiger partial charge in [0.15, 0.2) is 0 Å². The lowest BCUT2D eigenvalue weighted by Gasteiger charge is -2.50. The summed E-state index contributed by atoms with van der Waals surface area (Å²) in [6.07, 6.45) is 6.09. The van der Waals surface area contributed by atoms with Gasteiger partial charge in [0.05, 0.1) is 43.8 Å². The van der Waals surface area contributed by atoms with Crippen LogP contribution in [0.25, 0.3) is 0 Å². The number of ether oxygens (including phenoxy) is 2. The minimum Gasteiger partial charge on any atom is -0.375 e. The summed E-state index contributed by atoms with van der Waals surface area (Å²) in [5, 5.41) is 4.06. The molecule has 0 radical (unpaired) electrons. The standard InChI is InChI=1S/C18H22N4O3/c1-21-9-14(8-20-21)17(23)22-12-18(13-22)15(5-7-25-18)10-24-11-16-4-2-3-6-19-16/h2-4,6,8-9,15H,5,7,10-13H2,1H3/t15-/m0/s1. The summed E-state index contributed by atoms with van der Waals surface area (Å²) < 4.78 is 13.5. The highest BCUT2D eigenvalue weighted by Gasteiger charge is 2.54. The van der Waals surface area contributed by atoms with Gasteiger partial charge in [-0.15, -0.1) is 0 Å². The molecule has 132 valence electrons. The molecule has 2 saturated heterocycles. The van der Waals surface area contributed by atoms with E-state index in [1.54, 1.807) is 23.3 Å². The van der Waals surface area contributed by atoms with Crippen LogP contribution in [0.3, 0.4) is 0 Å². The van der Waals surface area contributed by atoms with Crippen molar-refractivity contribution in [3.05, 3.63) is 48.0 Å². The first-order valence-corrected chi connectivity index (χ1v) is 8.56. The third kappa shape index (κ3) is 3.17. The van der Waals surface area contributed by atoms with Gasteiger partial charge in [-0.2, -0.15) is 5.10 Å². The molecule has 1 spiro atoms. The Balaban J connectivity index is 1.31. The number of carbonyl (C=O) groups is 1. The largest absolute Gasteiger partial charge is 0.375 e. The summed E-state index contributed by atoms with van der Waals surface area (Å²) in [5.74, 6) is 0.330. The first-order valence-electron chi connectivity index (χ1n) is 8.56. The molecular weight excluding hydrogens is 320 g/mol. The number of carbonyl (C=O) groups excluding carboxylic acids is 1. The van der Waals surface area contributed by atoms with Gasteiger partial charge in [-0.25, -0.2) is 0 Å². The summed E-state index contributed by atoms with van der Waals surface area (Å²) in [6.45, 7) is 3.11. The van der Waals surface area contributed by atoms with E-state index in [0.29, 0.717) is 37.8 Å². The summed E-state index contributed by atoms with van der Waals surface area (Å²) >= 11 is 0. The van der Waals surface area contributed by atoms with Crippen LogP contribution in [0, 0.1) is 5.92 Å². The second-order valence-corrected chi connectivity index (χ2v) is 6.80. The molecule has 0 bridgehead atoms. The number of amides is 1. The SMILES string of the molecule is Cn1cc(C(=O)N2CC3(C2)OCC[C@H]3COCc2ccccn2)cn1. The number of pyridine rings is 1. The van der Waals surface area contributed by atoms with Crippen molar-refractivity contribution in [3.63, 3.8) is 0 Å². The van der Waals surface area contributed by atoms with Gasteiger partial charge in [-0.05, 0) is 18.6 Å². The highest BCUT2D eigenvalue weighted by atomic mass is 16.5. The van der Waals surface area contributed by atoms with Crippen molar-refractivity contribution < 1.29 is 14.3 Å². The summed E-state index contributed by atoms with van der Waals surface area (Å²) in [6, 6.07) is 5.81. The van der Waals surface area contributed by atoms with Crippen LogP contribution in [0.5, 0.6) is 0 Å². The molecule has 0 N–H and O–H groups in total. The molecule has 4 rings (SSSR count). The minimum absolute atomic E-state index is 0.0161.